The second-order valence-electron chi connectivity index (χ2n) is 6.44. The van der Waals surface area contributed by atoms with Crippen molar-refractivity contribution in [3.63, 3.8) is 0 Å². The highest BCUT2D eigenvalue weighted by Gasteiger charge is 2.21. The summed E-state index contributed by atoms with van der Waals surface area (Å²) in [7, 11) is 0. The van der Waals surface area contributed by atoms with E-state index >= 15 is 0 Å². The van der Waals surface area contributed by atoms with Gasteiger partial charge in [-0.3, -0.25) is 9.59 Å². The monoisotopic (exact) mass is 384 g/mol. The van der Waals surface area contributed by atoms with Gasteiger partial charge in [-0.25, -0.2) is 0 Å². The molecule has 0 saturated heterocycles. The molecule has 0 heterocycles. The minimum atomic E-state index is -1.61. The molecule has 0 atom stereocenters. The van der Waals surface area contributed by atoms with Crippen molar-refractivity contribution in [3.05, 3.63) is 84.0 Å². The molecule has 0 bridgehead atoms. The molecule has 0 aromatic heterocycles. The first-order valence-electron chi connectivity index (χ1n) is 8.62. The second-order valence-corrected chi connectivity index (χ2v) is 6.44. The van der Waals surface area contributed by atoms with Crippen LogP contribution in [0.2, 0.25) is 0 Å². The number of aliphatic hydroxyl groups is 2. The predicted molar refractivity (Wildman–Crippen MR) is 108 cm³/mol. The third-order valence-electron chi connectivity index (χ3n) is 4.01. The number of hydrogen-bond acceptors (Lipinski definition) is 5. The summed E-state index contributed by atoms with van der Waals surface area (Å²) in [5.41, 5.74) is -2.26. The zero-order valence-corrected chi connectivity index (χ0v) is 15.2. The third-order valence-corrected chi connectivity index (χ3v) is 4.01. The second kappa shape index (κ2) is 8.00. The molecule has 0 spiro atoms. The number of rotatable bonds is 1. The number of carbonyl (C=O) groups is 2. The lowest BCUT2D eigenvalue weighted by Crippen LogP contribution is -2.23. The number of benzene rings is 1. The van der Waals surface area contributed by atoms with Crippen molar-refractivity contribution in [1.82, 2.24) is 0 Å². The standard InChI is InChI=1S/C24H16O5/c25-20-3-1-18(2-4-20)17-19(5-11-23(28)13-7-21(26)8-14-23)6-12-24(29)15-9-22(27)10-16-24/h1-4,7-10,13-17,25,28-29H. The minimum absolute atomic E-state index is 0.105. The van der Waals surface area contributed by atoms with Gasteiger partial charge in [0, 0.05) is 0 Å². The summed E-state index contributed by atoms with van der Waals surface area (Å²) in [6.07, 6.45) is 11.6. The molecule has 0 unspecified atom stereocenters. The summed E-state index contributed by atoms with van der Waals surface area (Å²) in [5.74, 6) is 10.4. The van der Waals surface area contributed by atoms with E-state index in [2.05, 4.69) is 23.7 Å². The van der Waals surface area contributed by atoms with Crippen molar-refractivity contribution >= 4 is 17.6 Å². The Labute approximate surface area is 167 Å². The lowest BCUT2D eigenvalue weighted by molar-refractivity contribution is -0.111. The SMILES string of the molecule is O=C1C=CC(O)(C#CC(C#CC2(O)C=CC(=O)C=C2)=Cc2ccc(O)cc2)C=C1. The Hall–Kier alpha value is -3.90. The lowest BCUT2D eigenvalue weighted by atomic mass is 9.96. The largest absolute Gasteiger partial charge is 0.508 e. The summed E-state index contributed by atoms with van der Waals surface area (Å²) in [4.78, 5) is 22.5. The maximum atomic E-state index is 11.2. The van der Waals surface area contributed by atoms with Crippen LogP contribution in [0.25, 0.3) is 6.08 Å². The average Bonchev–Trinajstić information content (AvgIpc) is 2.71. The zero-order chi connectivity index (χ0) is 20.9. The predicted octanol–water partition coefficient (Wildman–Crippen LogP) is 1.63. The number of carbonyl (C=O) groups excluding carboxylic acids is 2. The van der Waals surface area contributed by atoms with E-state index in [9.17, 15) is 24.9 Å². The Morgan fingerprint density at radius 3 is 1.59 bits per heavy atom. The number of hydrogen-bond donors (Lipinski definition) is 3. The highest BCUT2D eigenvalue weighted by molar-refractivity contribution is 6.01. The van der Waals surface area contributed by atoms with Gasteiger partial charge in [-0.2, -0.15) is 0 Å². The van der Waals surface area contributed by atoms with Crippen LogP contribution in [0.15, 0.2) is 78.4 Å². The van der Waals surface area contributed by atoms with E-state index in [1.165, 1.54) is 60.7 Å². The van der Waals surface area contributed by atoms with Crippen LogP contribution in [0.4, 0.5) is 0 Å². The lowest BCUT2D eigenvalue weighted by Gasteiger charge is -2.15. The molecule has 0 saturated carbocycles. The first-order chi connectivity index (χ1) is 13.8. The van der Waals surface area contributed by atoms with Crippen LogP contribution < -0.4 is 0 Å². The van der Waals surface area contributed by atoms with Gasteiger partial charge in [0.15, 0.2) is 22.8 Å². The fraction of sp³-hybridized carbons (Fsp3) is 0.0833. The molecular formula is C24H16O5. The van der Waals surface area contributed by atoms with E-state index in [-0.39, 0.29) is 22.9 Å². The van der Waals surface area contributed by atoms with Crippen LogP contribution in [0, 0.1) is 23.7 Å². The molecule has 0 fully saturated rings. The topological polar surface area (TPSA) is 94.8 Å². The van der Waals surface area contributed by atoms with E-state index in [1.54, 1.807) is 18.2 Å². The molecule has 3 N–H and O–H groups in total. The van der Waals surface area contributed by atoms with Gasteiger partial charge in [0.1, 0.15) is 5.75 Å². The van der Waals surface area contributed by atoms with Crippen molar-refractivity contribution < 1.29 is 24.9 Å². The molecule has 5 heteroatoms. The maximum absolute atomic E-state index is 11.2. The maximum Gasteiger partial charge on any atom is 0.178 e. The molecule has 2 aliphatic carbocycles. The first-order valence-corrected chi connectivity index (χ1v) is 8.62. The van der Waals surface area contributed by atoms with Gasteiger partial charge in [0.05, 0.1) is 5.57 Å². The van der Waals surface area contributed by atoms with Gasteiger partial charge in [0.25, 0.3) is 0 Å². The first kappa shape index (κ1) is 19.9. The molecule has 3 rings (SSSR count). The summed E-state index contributed by atoms with van der Waals surface area (Å²) in [6, 6.07) is 6.31. The van der Waals surface area contributed by atoms with Crippen molar-refractivity contribution in [2.24, 2.45) is 0 Å². The molecule has 142 valence electrons. The quantitative estimate of drug-likeness (QED) is 0.640. The zero-order valence-electron chi connectivity index (χ0n) is 15.2. The Morgan fingerprint density at radius 2 is 1.17 bits per heavy atom. The van der Waals surface area contributed by atoms with Crippen LogP contribution in [0.5, 0.6) is 5.75 Å². The fourth-order valence-electron chi connectivity index (χ4n) is 2.40. The summed E-state index contributed by atoms with van der Waals surface area (Å²) in [6.45, 7) is 0. The number of aromatic hydroxyl groups is 1. The molecule has 0 radical (unpaired) electrons. The Bertz CT molecular complexity index is 1020. The van der Waals surface area contributed by atoms with E-state index in [1.807, 2.05) is 0 Å². The van der Waals surface area contributed by atoms with Gasteiger partial charge in [-0.15, -0.1) is 0 Å². The van der Waals surface area contributed by atoms with Crippen molar-refractivity contribution in [2.75, 3.05) is 0 Å². The average molecular weight is 384 g/mol. The molecule has 5 nitrogen and oxygen atoms in total. The Kier molecular flexibility index (Phi) is 5.47. The number of allylic oxidation sites excluding steroid dienone is 5. The number of phenolic OH excluding ortho intramolecular Hbond substituents is 1. The van der Waals surface area contributed by atoms with Gasteiger partial charge < -0.3 is 15.3 Å². The van der Waals surface area contributed by atoms with Crippen molar-refractivity contribution in [3.8, 4) is 29.4 Å². The van der Waals surface area contributed by atoms with Gasteiger partial charge in [-0.1, -0.05) is 35.8 Å². The third kappa shape index (κ3) is 5.54. The van der Waals surface area contributed by atoms with E-state index < -0.39 is 11.2 Å². The van der Waals surface area contributed by atoms with E-state index in [0.717, 1.165) is 0 Å². The van der Waals surface area contributed by atoms with Crippen LogP contribution in [-0.2, 0) is 9.59 Å². The van der Waals surface area contributed by atoms with Crippen LogP contribution in [0.3, 0.4) is 0 Å². The highest BCUT2D eigenvalue weighted by Crippen LogP contribution is 2.16. The highest BCUT2D eigenvalue weighted by atomic mass is 16.3. The smallest absolute Gasteiger partial charge is 0.178 e. The molecule has 1 aromatic carbocycles. The minimum Gasteiger partial charge on any atom is -0.508 e. The summed E-state index contributed by atoms with van der Waals surface area (Å²) < 4.78 is 0. The Balaban J connectivity index is 1.97. The molecule has 0 amide bonds. The van der Waals surface area contributed by atoms with Crippen LogP contribution in [-0.4, -0.2) is 38.1 Å². The molecule has 2 aliphatic rings. The fourth-order valence-corrected chi connectivity index (χ4v) is 2.40. The molecule has 0 aliphatic heterocycles. The van der Waals surface area contributed by atoms with Gasteiger partial charge in [0.2, 0.25) is 0 Å². The number of phenols is 1. The molecule has 29 heavy (non-hydrogen) atoms. The normalized spacial score (nSPS) is 17.7. The van der Waals surface area contributed by atoms with Crippen molar-refractivity contribution in [2.45, 2.75) is 11.2 Å². The van der Waals surface area contributed by atoms with E-state index in [0.29, 0.717) is 5.56 Å². The van der Waals surface area contributed by atoms with Crippen LogP contribution in [0.1, 0.15) is 5.56 Å². The summed E-state index contributed by atoms with van der Waals surface area (Å²) >= 11 is 0. The van der Waals surface area contributed by atoms with Gasteiger partial charge in [-0.05, 0) is 72.4 Å². The van der Waals surface area contributed by atoms with Crippen molar-refractivity contribution in [1.29, 1.82) is 0 Å². The molecular weight excluding hydrogens is 368 g/mol. The van der Waals surface area contributed by atoms with Crippen LogP contribution >= 0.6 is 0 Å². The Morgan fingerprint density at radius 1 is 0.759 bits per heavy atom. The molecule has 1 aromatic rings. The number of ketones is 2. The van der Waals surface area contributed by atoms with E-state index in [4.69, 9.17) is 0 Å². The van der Waals surface area contributed by atoms with Gasteiger partial charge >= 0.3 is 0 Å². The summed E-state index contributed by atoms with van der Waals surface area (Å²) in [5, 5.41) is 30.3.